The molecule has 110 valence electrons. The maximum atomic E-state index is 12.4. The highest BCUT2D eigenvalue weighted by Gasteiger charge is 2.48. The van der Waals surface area contributed by atoms with Gasteiger partial charge in [0, 0.05) is 11.8 Å². The molecule has 0 saturated carbocycles. The lowest BCUT2D eigenvalue weighted by molar-refractivity contribution is -0.133. The van der Waals surface area contributed by atoms with Crippen LogP contribution in [0.4, 0.5) is 0 Å². The van der Waals surface area contributed by atoms with E-state index in [2.05, 4.69) is 27.7 Å². The largest absolute Gasteiger partial charge is 0.294 e. The van der Waals surface area contributed by atoms with Crippen molar-refractivity contribution >= 4 is 11.6 Å². The van der Waals surface area contributed by atoms with Gasteiger partial charge >= 0.3 is 0 Å². The summed E-state index contributed by atoms with van der Waals surface area (Å²) >= 11 is 0. The summed E-state index contributed by atoms with van der Waals surface area (Å²) in [6.07, 6.45) is 6.96. The summed E-state index contributed by atoms with van der Waals surface area (Å²) in [5, 5.41) is 0. The lowest BCUT2D eigenvalue weighted by Gasteiger charge is -2.45. The summed E-state index contributed by atoms with van der Waals surface area (Å²) in [7, 11) is 0. The highest BCUT2D eigenvalue weighted by atomic mass is 16.1. The zero-order valence-electron chi connectivity index (χ0n) is 13.1. The van der Waals surface area contributed by atoms with Crippen molar-refractivity contribution in [2.45, 2.75) is 53.4 Å². The highest BCUT2D eigenvalue weighted by molar-refractivity contribution is 6.08. The molecule has 0 radical (unpaired) electrons. The Bertz CT molecular complexity index is 428. The van der Waals surface area contributed by atoms with Gasteiger partial charge in [-0.1, -0.05) is 38.8 Å². The summed E-state index contributed by atoms with van der Waals surface area (Å²) in [4.78, 5) is 24.8. The van der Waals surface area contributed by atoms with Crippen LogP contribution in [-0.2, 0) is 9.59 Å². The van der Waals surface area contributed by atoms with Crippen molar-refractivity contribution in [3.05, 3.63) is 23.3 Å². The van der Waals surface area contributed by atoms with Crippen molar-refractivity contribution in [1.29, 1.82) is 0 Å². The van der Waals surface area contributed by atoms with Crippen LogP contribution in [0.1, 0.15) is 53.4 Å². The fraction of sp³-hybridized carbons (Fsp3) is 0.667. The normalized spacial score (nSPS) is 33.6. The molecule has 0 spiro atoms. The maximum absolute atomic E-state index is 12.4. The average Bonchev–Trinajstić information content (AvgIpc) is 2.47. The molecule has 0 aliphatic heterocycles. The number of fused-ring (bicyclic) bond motifs is 1. The number of carbonyl (C=O) groups is 2. The summed E-state index contributed by atoms with van der Waals surface area (Å²) in [6, 6.07) is 0. The summed E-state index contributed by atoms with van der Waals surface area (Å²) in [5.74, 6) is 0.663. The lowest BCUT2D eigenvalue weighted by atomic mass is 9.57. The number of hydrogen-bond acceptors (Lipinski definition) is 2. The van der Waals surface area contributed by atoms with Gasteiger partial charge in [0.15, 0.2) is 11.6 Å². The third-order valence-electron chi connectivity index (χ3n) is 5.27. The van der Waals surface area contributed by atoms with Crippen molar-refractivity contribution in [1.82, 2.24) is 0 Å². The first kappa shape index (κ1) is 15.2. The molecule has 2 rings (SSSR count). The van der Waals surface area contributed by atoms with Crippen LogP contribution in [0.2, 0.25) is 0 Å². The van der Waals surface area contributed by atoms with Crippen molar-refractivity contribution < 1.29 is 9.59 Å². The van der Waals surface area contributed by atoms with Crippen molar-refractivity contribution in [3.63, 3.8) is 0 Å². The van der Waals surface area contributed by atoms with E-state index in [-0.39, 0.29) is 35.2 Å². The standard InChI is InChI=1S/C18H26O2/c1-5-11-12(6-2)14(8-4)18-16(20)10-9-15(19)17(18)13(11)7-3/h9-10,13-14,17-18H,5-8H2,1-4H3. The first-order valence-electron chi connectivity index (χ1n) is 8.08. The zero-order chi connectivity index (χ0) is 14.9. The Hall–Kier alpha value is -1.18. The Morgan fingerprint density at radius 1 is 0.750 bits per heavy atom. The Morgan fingerprint density at radius 3 is 1.35 bits per heavy atom. The molecule has 0 aromatic rings. The van der Waals surface area contributed by atoms with Crippen LogP contribution in [0.25, 0.3) is 0 Å². The molecular weight excluding hydrogens is 248 g/mol. The molecule has 0 amide bonds. The molecule has 4 unspecified atom stereocenters. The van der Waals surface area contributed by atoms with Crippen molar-refractivity contribution in [2.75, 3.05) is 0 Å². The molecule has 0 aromatic carbocycles. The van der Waals surface area contributed by atoms with Gasteiger partial charge in [-0.2, -0.15) is 0 Å². The fourth-order valence-corrected chi connectivity index (χ4v) is 4.53. The number of ketones is 2. The van der Waals surface area contributed by atoms with Crippen LogP contribution in [0, 0.1) is 23.7 Å². The molecule has 0 heterocycles. The Balaban J connectivity index is 2.60. The summed E-state index contributed by atoms with van der Waals surface area (Å²) in [6.45, 7) is 8.66. The maximum Gasteiger partial charge on any atom is 0.160 e. The van der Waals surface area contributed by atoms with Crippen LogP contribution in [-0.4, -0.2) is 11.6 Å². The van der Waals surface area contributed by atoms with Gasteiger partial charge in [0.05, 0.1) is 0 Å². The summed E-state index contributed by atoms with van der Waals surface area (Å²) < 4.78 is 0. The van der Waals surface area contributed by atoms with Gasteiger partial charge in [0.25, 0.3) is 0 Å². The molecule has 20 heavy (non-hydrogen) atoms. The molecular formula is C18H26O2. The fourth-order valence-electron chi connectivity index (χ4n) is 4.53. The number of rotatable bonds is 4. The smallest absolute Gasteiger partial charge is 0.160 e. The molecule has 4 atom stereocenters. The molecule has 2 heteroatoms. The van der Waals surface area contributed by atoms with Crippen LogP contribution in [0.3, 0.4) is 0 Å². The quantitative estimate of drug-likeness (QED) is 0.723. The third kappa shape index (κ3) is 2.19. The average molecular weight is 274 g/mol. The molecule has 2 aliphatic rings. The van der Waals surface area contributed by atoms with Crippen LogP contribution in [0.15, 0.2) is 23.3 Å². The predicted octanol–water partition coefficient (Wildman–Crippen LogP) is 4.11. The van der Waals surface area contributed by atoms with E-state index in [0.29, 0.717) is 0 Å². The first-order valence-corrected chi connectivity index (χ1v) is 8.08. The zero-order valence-corrected chi connectivity index (χ0v) is 13.1. The van der Waals surface area contributed by atoms with Crippen LogP contribution in [0.5, 0.6) is 0 Å². The number of hydrogen-bond donors (Lipinski definition) is 0. The SMILES string of the molecule is CCC1=C(CC)C(CC)C2C(=O)C=CC(=O)C2C1CC. The number of allylic oxidation sites excluding steroid dienone is 4. The minimum absolute atomic E-state index is 0.104. The second-order valence-electron chi connectivity index (χ2n) is 5.98. The van der Waals surface area contributed by atoms with E-state index in [1.807, 2.05) is 0 Å². The van der Waals surface area contributed by atoms with Crippen LogP contribution >= 0.6 is 0 Å². The second-order valence-corrected chi connectivity index (χ2v) is 5.98. The van der Waals surface area contributed by atoms with Gasteiger partial charge in [0.2, 0.25) is 0 Å². The van der Waals surface area contributed by atoms with E-state index >= 15 is 0 Å². The van der Waals surface area contributed by atoms with Gasteiger partial charge in [-0.15, -0.1) is 0 Å². The van der Waals surface area contributed by atoms with Crippen molar-refractivity contribution in [2.24, 2.45) is 23.7 Å². The molecule has 0 bridgehead atoms. The monoisotopic (exact) mass is 274 g/mol. The molecule has 0 N–H and O–H groups in total. The minimum Gasteiger partial charge on any atom is -0.294 e. The van der Waals surface area contributed by atoms with E-state index < -0.39 is 0 Å². The second kappa shape index (κ2) is 6.07. The molecule has 0 aromatic heterocycles. The van der Waals surface area contributed by atoms with Crippen LogP contribution < -0.4 is 0 Å². The van der Waals surface area contributed by atoms with E-state index in [1.165, 1.54) is 23.3 Å². The van der Waals surface area contributed by atoms with E-state index in [9.17, 15) is 9.59 Å². The van der Waals surface area contributed by atoms with E-state index in [1.54, 1.807) is 0 Å². The Kier molecular flexibility index (Phi) is 4.62. The first-order chi connectivity index (χ1) is 9.60. The van der Waals surface area contributed by atoms with E-state index in [0.717, 1.165) is 25.7 Å². The molecule has 0 saturated heterocycles. The van der Waals surface area contributed by atoms with Gasteiger partial charge in [-0.25, -0.2) is 0 Å². The lowest BCUT2D eigenvalue weighted by Crippen LogP contribution is -2.45. The molecule has 0 fully saturated rings. The van der Waals surface area contributed by atoms with E-state index in [4.69, 9.17) is 0 Å². The number of carbonyl (C=O) groups excluding carboxylic acids is 2. The summed E-state index contributed by atoms with van der Waals surface area (Å²) in [5.41, 5.74) is 2.92. The third-order valence-corrected chi connectivity index (χ3v) is 5.27. The van der Waals surface area contributed by atoms with Gasteiger partial charge in [-0.05, 0) is 49.7 Å². The van der Waals surface area contributed by atoms with Gasteiger partial charge < -0.3 is 0 Å². The Labute approximate surface area is 122 Å². The van der Waals surface area contributed by atoms with Gasteiger partial charge in [-0.3, -0.25) is 9.59 Å². The topological polar surface area (TPSA) is 34.1 Å². The Morgan fingerprint density at radius 2 is 1.10 bits per heavy atom. The predicted molar refractivity (Wildman–Crippen MR) is 81.3 cm³/mol. The highest BCUT2D eigenvalue weighted by Crippen LogP contribution is 2.49. The molecule has 2 aliphatic carbocycles. The minimum atomic E-state index is -0.104. The van der Waals surface area contributed by atoms with Crippen molar-refractivity contribution in [3.8, 4) is 0 Å². The van der Waals surface area contributed by atoms with Gasteiger partial charge in [0.1, 0.15) is 0 Å². The molecule has 2 nitrogen and oxygen atoms in total.